The second kappa shape index (κ2) is 6.92. The first-order valence-corrected chi connectivity index (χ1v) is 11.2. The Morgan fingerprint density at radius 1 is 1.17 bits per heavy atom. The fourth-order valence-electron chi connectivity index (χ4n) is 7.59. The summed E-state index contributed by atoms with van der Waals surface area (Å²) in [5.74, 6) is 1.56. The molecule has 7 atom stereocenters. The molecule has 0 amide bonds. The van der Waals surface area contributed by atoms with Gasteiger partial charge in [-0.25, -0.2) is 0 Å². The summed E-state index contributed by atoms with van der Waals surface area (Å²) in [6, 6.07) is 0. The van der Waals surface area contributed by atoms with E-state index in [1.807, 2.05) is 6.08 Å². The molecule has 0 saturated heterocycles. The molecule has 0 radical (unpaired) electrons. The van der Waals surface area contributed by atoms with Crippen LogP contribution in [0.15, 0.2) is 23.3 Å². The van der Waals surface area contributed by atoms with Crippen LogP contribution in [0, 0.1) is 40.4 Å². The lowest BCUT2D eigenvalue weighted by Crippen LogP contribution is -2.47. The summed E-state index contributed by atoms with van der Waals surface area (Å²) in [6.07, 6.45) is 8.92. The van der Waals surface area contributed by atoms with Gasteiger partial charge in [-0.2, -0.15) is 0 Å². The highest BCUT2D eigenvalue weighted by Gasteiger charge is 2.60. The van der Waals surface area contributed by atoms with Crippen LogP contribution in [0.3, 0.4) is 0 Å². The average Bonchev–Trinajstić information content (AvgIpc) is 2.92. The fourth-order valence-corrected chi connectivity index (χ4v) is 7.59. The number of allylic oxidation sites excluding steroid dienone is 4. The van der Waals surface area contributed by atoms with Crippen LogP contribution in [0.1, 0.15) is 66.7 Å². The number of esters is 1. The first-order chi connectivity index (χ1) is 13.6. The number of ether oxygens (including phenoxy) is 1. The summed E-state index contributed by atoms with van der Waals surface area (Å²) < 4.78 is 5.07. The number of Topliss-reactive ketones (excluding diaryl/α,β-unsaturated/α-hetero) is 1. The molecule has 4 rings (SSSR count). The van der Waals surface area contributed by atoms with Gasteiger partial charge in [0, 0.05) is 24.7 Å². The van der Waals surface area contributed by atoms with Gasteiger partial charge in [0.15, 0.2) is 11.6 Å². The van der Waals surface area contributed by atoms with Crippen molar-refractivity contribution in [2.75, 3.05) is 6.61 Å². The van der Waals surface area contributed by atoms with Gasteiger partial charge in [0.25, 0.3) is 0 Å². The third kappa shape index (κ3) is 3.05. The Morgan fingerprint density at radius 3 is 2.59 bits per heavy atom. The van der Waals surface area contributed by atoms with Gasteiger partial charge in [0.2, 0.25) is 0 Å². The second-order valence-corrected chi connectivity index (χ2v) is 10.6. The molecule has 0 bridgehead atoms. The second-order valence-electron chi connectivity index (χ2n) is 10.6. The Hall–Kier alpha value is -1.71. The summed E-state index contributed by atoms with van der Waals surface area (Å²) in [5, 5.41) is 0. The van der Waals surface area contributed by atoms with E-state index >= 15 is 0 Å². The maximum absolute atomic E-state index is 13.0. The van der Waals surface area contributed by atoms with Crippen LogP contribution in [0.2, 0.25) is 0 Å². The molecule has 2 fully saturated rings. The molecule has 0 aromatic heterocycles. The van der Waals surface area contributed by atoms with E-state index in [-0.39, 0.29) is 34.9 Å². The van der Waals surface area contributed by atoms with Crippen molar-refractivity contribution in [3.63, 3.8) is 0 Å². The van der Waals surface area contributed by atoms with E-state index in [9.17, 15) is 14.4 Å². The number of carbonyl (C=O) groups excluding carboxylic acids is 3. The molecule has 0 aromatic carbocycles. The van der Waals surface area contributed by atoms with E-state index in [0.717, 1.165) is 25.7 Å². The molecule has 3 unspecified atom stereocenters. The van der Waals surface area contributed by atoms with Crippen LogP contribution >= 0.6 is 0 Å². The Labute approximate surface area is 174 Å². The minimum absolute atomic E-state index is 0.000643. The van der Waals surface area contributed by atoms with Crippen LogP contribution in [-0.2, 0) is 19.1 Å². The van der Waals surface area contributed by atoms with Crippen molar-refractivity contribution in [2.45, 2.75) is 66.7 Å². The molecule has 0 aliphatic heterocycles. The van der Waals surface area contributed by atoms with Gasteiger partial charge >= 0.3 is 5.97 Å². The highest BCUT2D eigenvalue weighted by atomic mass is 16.5. The summed E-state index contributed by atoms with van der Waals surface area (Å²) >= 11 is 0. The first-order valence-electron chi connectivity index (χ1n) is 11.2. The third-order valence-corrected chi connectivity index (χ3v) is 8.76. The summed E-state index contributed by atoms with van der Waals surface area (Å²) in [7, 11) is 0. The first kappa shape index (κ1) is 20.6. The highest BCUT2D eigenvalue weighted by Crippen LogP contribution is 2.66. The molecule has 4 aliphatic rings. The quantitative estimate of drug-likeness (QED) is 0.512. The van der Waals surface area contributed by atoms with Crippen LogP contribution in [0.5, 0.6) is 0 Å². The molecule has 4 heteroatoms. The van der Waals surface area contributed by atoms with Crippen LogP contribution in [-0.4, -0.2) is 24.1 Å². The van der Waals surface area contributed by atoms with Crippen molar-refractivity contribution < 1.29 is 19.1 Å². The lowest BCUT2D eigenvalue weighted by atomic mass is 9.49. The molecule has 158 valence electrons. The van der Waals surface area contributed by atoms with E-state index < -0.39 is 5.97 Å². The van der Waals surface area contributed by atoms with E-state index in [1.54, 1.807) is 0 Å². The number of ketones is 2. The van der Waals surface area contributed by atoms with Crippen LogP contribution in [0.25, 0.3) is 0 Å². The highest BCUT2D eigenvalue weighted by molar-refractivity contribution is 5.92. The number of rotatable bonds is 3. The number of hydrogen-bond donors (Lipinski definition) is 0. The van der Waals surface area contributed by atoms with Crippen molar-refractivity contribution in [2.24, 2.45) is 40.4 Å². The monoisotopic (exact) mass is 398 g/mol. The van der Waals surface area contributed by atoms with E-state index in [4.69, 9.17) is 4.74 Å². The van der Waals surface area contributed by atoms with Crippen molar-refractivity contribution in [1.29, 1.82) is 0 Å². The van der Waals surface area contributed by atoms with Crippen molar-refractivity contribution in [3.8, 4) is 0 Å². The molecule has 0 aromatic rings. The lowest BCUT2D eigenvalue weighted by molar-refractivity contribution is -0.148. The van der Waals surface area contributed by atoms with E-state index in [1.165, 1.54) is 18.1 Å². The molecule has 4 aliphatic carbocycles. The number of hydrogen-bond acceptors (Lipinski definition) is 4. The predicted octanol–water partition coefficient (Wildman–Crippen LogP) is 4.68. The Bertz CT molecular complexity index is 821. The Kier molecular flexibility index (Phi) is 4.91. The topological polar surface area (TPSA) is 60.4 Å². The maximum atomic E-state index is 13.0. The zero-order chi connectivity index (χ0) is 21.1. The van der Waals surface area contributed by atoms with Crippen LogP contribution in [0.4, 0.5) is 0 Å². The summed E-state index contributed by atoms with van der Waals surface area (Å²) in [5.41, 5.74) is 2.78. The SMILES string of the molecule is CC(=O)OCC(=O)C1[C@H](C)CC2C3C[C@H](C)C4=CC(=O)CC[C@]4(C)C3=CC[C@@]21C. The third-order valence-electron chi connectivity index (χ3n) is 8.76. The van der Waals surface area contributed by atoms with Gasteiger partial charge < -0.3 is 4.74 Å². The van der Waals surface area contributed by atoms with Gasteiger partial charge in [-0.1, -0.05) is 44.9 Å². The largest absolute Gasteiger partial charge is 0.458 e. The summed E-state index contributed by atoms with van der Waals surface area (Å²) in [6.45, 7) is 10.3. The van der Waals surface area contributed by atoms with Crippen molar-refractivity contribution in [3.05, 3.63) is 23.3 Å². The van der Waals surface area contributed by atoms with Crippen LogP contribution < -0.4 is 0 Å². The van der Waals surface area contributed by atoms with Gasteiger partial charge in [0.1, 0.15) is 6.61 Å². The molecule has 0 heterocycles. The fraction of sp³-hybridized carbons (Fsp3) is 0.720. The molecule has 0 N–H and O–H groups in total. The molecule has 4 nitrogen and oxygen atoms in total. The predicted molar refractivity (Wildman–Crippen MR) is 111 cm³/mol. The zero-order valence-corrected chi connectivity index (χ0v) is 18.4. The Balaban J connectivity index is 1.68. The van der Waals surface area contributed by atoms with Gasteiger partial charge in [0.05, 0.1) is 0 Å². The number of fused-ring (bicyclic) bond motifs is 5. The lowest BCUT2D eigenvalue weighted by Gasteiger charge is -2.55. The molecule has 0 spiro atoms. The van der Waals surface area contributed by atoms with Gasteiger partial charge in [-0.05, 0) is 60.8 Å². The van der Waals surface area contributed by atoms with E-state index in [0.29, 0.717) is 30.1 Å². The molecule has 29 heavy (non-hydrogen) atoms. The Morgan fingerprint density at radius 2 is 1.90 bits per heavy atom. The summed E-state index contributed by atoms with van der Waals surface area (Å²) in [4.78, 5) is 36.3. The minimum Gasteiger partial charge on any atom is -0.458 e. The van der Waals surface area contributed by atoms with Gasteiger partial charge in [-0.3, -0.25) is 14.4 Å². The maximum Gasteiger partial charge on any atom is 0.303 e. The molecular weight excluding hydrogens is 364 g/mol. The van der Waals surface area contributed by atoms with Crippen molar-refractivity contribution >= 4 is 17.5 Å². The smallest absolute Gasteiger partial charge is 0.303 e. The number of carbonyl (C=O) groups is 3. The molecular formula is C25H34O4. The van der Waals surface area contributed by atoms with Crippen molar-refractivity contribution in [1.82, 2.24) is 0 Å². The zero-order valence-electron chi connectivity index (χ0n) is 18.4. The van der Waals surface area contributed by atoms with Gasteiger partial charge in [-0.15, -0.1) is 0 Å². The minimum atomic E-state index is -0.392. The molecule has 2 saturated carbocycles. The standard InChI is InChI=1S/C25H34O4/c1-14-10-18-19(24(4)8-6-17(27)12-20(14)24)7-9-25(5)21(18)11-15(2)23(25)22(28)13-29-16(3)26/h7,12,14-15,18,21,23H,6,8-11,13H2,1-5H3/t14-,15+,18?,21?,23?,24+,25-/m0/s1. The normalized spacial score (nSPS) is 43.5. The van der Waals surface area contributed by atoms with E-state index in [2.05, 4.69) is 33.8 Å². The average molecular weight is 399 g/mol.